The van der Waals surface area contributed by atoms with Gasteiger partial charge in [0, 0.05) is 31.2 Å². The summed E-state index contributed by atoms with van der Waals surface area (Å²) < 4.78 is 1.96. The van der Waals surface area contributed by atoms with E-state index in [-0.39, 0.29) is 5.28 Å². The van der Waals surface area contributed by atoms with Crippen molar-refractivity contribution in [3.63, 3.8) is 0 Å². The van der Waals surface area contributed by atoms with Crippen molar-refractivity contribution >= 4 is 28.6 Å². The van der Waals surface area contributed by atoms with Crippen molar-refractivity contribution < 1.29 is 0 Å². The summed E-state index contributed by atoms with van der Waals surface area (Å²) in [5, 5.41) is 3.91. The quantitative estimate of drug-likeness (QED) is 0.875. The number of imidazole rings is 1. The molecule has 1 aliphatic carbocycles. The molecule has 3 aliphatic rings. The number of piperidine rings is 1. The van der Waals surface area contributed by atoms with E-state index in [0.717, 1.165) is 29.5 Å². The van der Waals surface area contributed by atoms with Crippen LogP contribution in [0.4, 0.5) is 5.82 Å². The van der Waals surface area contributed by atoms with Crippen LogP contribution in [0.3, 0.4) is 0 Å². The number of aryl methyl sites for hydroxylation is 1. The minimum Gasteiger partial charge on any atom is -0.365 e. The number of anilines is 1. The third-order valence-electron chi connectivity index (χ3n) is 5.64. The van der Waals surface area contributed by atoms with Crippen molar-refractivity contribution in [2.75, 3.05) is 5.32 Å². The van der Waals surface area contributed by atoms with Gasteiger partial charge in [-0.15, -0.1) is 0 Å². The zero-order chi connectivity index (χ0) is 15.6. The fourth-order valence-electron chi connectivity index (χ4n) is 4.62. The van der Waals surface area contributed by atoms with Crippen LogP contribution >= 0.6 is 11.6 Å². The summed E-state index contributed by atoms with van der Waals surface area (Å²) in [5.74, 6) is 0.823. The van der Waals surface area contributed by atoms with E-state index < -0.39 is 0 Å². The first-order valence-corrected chi connectivity index (χ1v) is 8.95. The van der Waals surface area contributed by atoms with E-state index >= 15 is 0 Å². The molecule has 3 fully saturated rings. The van der Waals surface area contributed by atoms with Gasteiger partial charge >= 0.3 is 0 Å². The van der Waals surface area contributed by atoms with Crippen molar-refractivity contribution in [3.05, 3.63) is 11.6 Å². The normalized spacial score (nSPS) is 31.0. The average Bonchev–Trinajstić information content (AvgIpc) is 3.23. The second-order valence-electron chi connectivity index (χ2n) is 7.24. The summed E-state index contributed by atoms with van der Waals surface area (Å²) in [6.45, 7) is 0. The van der Waals surface area contributed by atoms with Gasteiger partial charge in [-0.3, -0.25) is 4.90 Å². The van der Waals surface area contributed by atoms with Crippen LogP contribution in [0.2, 0.25) is 5.28 Å². The molecule has 1 N–H and O–H groups in total. The summed E-state index contributed by atoms with van der Waals surface area (Å²) in [7, 11) is 1.97. The zero-order valence-electron chi connectivity index (χ0n) is 13.2. The molecule has 0 spiro atoms. The molecule has 2 atom stereocenters. The van der Waals surface area contributed by atoms with Gasteiger partial charge in [-0.05, 0) is 50.1 Å². The first kappa shape index (κ1) is 14.0. The lowest BCUT2D eigenvalue weighted by Gasteiger charge is -2.39. The topological polar surface area (TPSA) is 58.9 Å². The Morgan fingerprint density at radius 2 is 1.78 bits per heavy atom. The molecule has 5 rings (SSSR count). The highest BCUT2D eigenvalue weighted by Gasteiger charge is 2.46. The third-order valence-corrected chi connectivity index (χ3v) is 5.81. The third kappa shape index (κ3) is 2.31. The molecule has 1 saturated carbocycles. The number of halogens is 1. The van der Waals surface area contributed by atoms with E-state index in [1.165, 1.54) is 38.5 Å². The van der Waals surface area contributed by atoms with Crippen LogP contribution < -0.4 is 5.32 Å². The lowest BCUT2D eigenvalue weighted by atomic mass is 9.97. The Morgan fingerprint density at radius 3 is 2.48 bits per heavy atom. The van der Waals surface area contributed by atoms with Crippen molar-refractivity contribution in [1.82, 2.24) is 24.4 Å². The molecule has 0 aromatic carbocycles. The van der Waals surface area contributed by atoms with Gasteiger partial charge < -0.3 is 9.88 Å². The monoisotopic (exact) mass is 332 g/mol. The van der Waals surface area contributed by atoms with E-state index in [0.29, 0.717) is 11.7 Å². The molecule has 7 heteroatoms. The first-order valence-electron chi connectivity index (χ1n) is 8.57. The van der Waals surface area contributed by atoms with Crippen LogP contribution in [-0.4, -0.2) is 48.6 Å². The molecule has 0 radical (unpaired) electrons. The fourth-order valence-corrected chi connectivity index (χ4v) is 4.79. The van der Waals surface area contributed by atoms with Crippen molar-refractivity contribution in [2.45, 2.75) is 62.7 Å². The van der Waals surface area contributed by atoms with Crippen LogP contribution in [-0.2, 0) is 7.05 Å². The maximum Gasteiger partial charge on any atom is 0.226 e. The van der Waals surface area contributed by atoms with Crippen LogP contribution in [0.1, 0.15) is 38.5 Å². The second-order valence-corrected chi connectivity index (χ2v) is 7.58. The van der Waals surface area contributed by atoms with Gasteiger partial charge in [0.15, 0.2) is 11.5 Å². The molecule has 122 valence electrons. The number of fused-ring (bicyclic) bond motifs is 3. The Kier molecular flexibility index (Phi) is 3.07. The highest BCUT2D eigenvalue weighted by molar-refractivity contribution is 6.28. The van der Waals surface area contributed by atoms with Gasteiger partial charge in [-0.2, -0.15) is 9.97 Å². The molecular formula is C16H21ClN6. The molecule has 2 aliphatic heterocycles. The molecule has 2 saturated heterocycles. The smallest absolute Gasteiger partial charge is 0.226 e. The highest BCUT2D eigenvalue weighted by atomic mass is 35.5. The van der Waals surface area contributed by atoms with E-state index in [1.54, 1.807) is 6.33 Å². The predicted molar refractivity (Wildman–Crippen MR) is 89.6 cm³/mol. The molecule has 4 heterocycles. The SMILES string of the molecule is Cn1cnc2nc(Cl)nc(NC3CC4CCC(C3)N4C3CC3)c21. The highest BCUT2D eigenvalue weighted by Crippen LogP contribution is 2.44. The number of nitrogens with zero attached hydrogens (tertiary/aromatic N) is 5. The summed E-state index contributed by atoms with van der Waals surface area (Å²) in [6.07, 6.45) is 9.68. The number of nitrogens with one attached hydrogen (secondary N) is 1. The molecule has 2 bridgehead atoms. The zero-order valence-corrected chi connectivity index (χ0v) is 14.0. The maximum absolute atomic E-state index is 6.07. The van der Waals surface area contributed by atoms with Gasteiger partial charge in [0.1, 0.15) is 5.52 Å². The van der Waals surface area contributed by atoms with Crippen LogP contribution in [0, 0.1) is 0 Å². The average molecular weight is 333 g/mol. The van der Waals surface area contributed by atoms with Crippen LogP contribution in [0.15, 0.2) is 6.33 Å². The first-order chi connectivity index (χ1) is 11.2. The van der Waals surface area contributed by atoms with E-state index in [4.69, 9.17) is 11.6 Å². The van der Waals surface area contributed by atoms with Crippen LogP contribution in [0.25, 0.3) is 11.2 Å². The van der Waals surface area contributed by atoms with Crippen molar-refractivity contribution in [1.29, 1.82) is 0 Å². The Bertz CT molecular complexity index is 740. The second kappa shape index (κ2) is 5.05. The fraction of sp³-hybridized carbons (Fsp3) is 0.688. The number of hydrogen-bond donors (Lipinski definition) is 1. The molecule has 0 amide bonds. The summed E-state index contributed by atoms with van der Waals surface area (Å²) in [5.41, 5.74) is 1.60. The summed E-state index contributed by atoms with van der Waals surface area (Å²) >= 11 is 6.07. The minimum atomic E-state index is 0.261. The van der Waals surface area contributed by atoms with Gasteiger partial charge in [0.25, 0.3) is 0 Å². The summed E-state index contributed by atoms with van der Waals surface area (Å²) in [4.78, 5) is 15.8. The number of rotatable bonds is 3. The largest absolute Gasteiger partial charge is 0.365 e. The van der Waals surface area contributed by atoms with Crippen molar-refractivity contribution in [3.8, 4) is 0 Å². The molecule has 23 heavy (non-hydrogen) atoms. The lowest BCUT2D eigenvalue weighted by Crippen LogP contribution is -2.48. The van der Waals surface area contributed by atoms with E-state index in [9.17, 15) is 0 Å². The van der Waals surface area contributed by atoms with Gasteiger partial charge in [0.2, 0.25) is 5.28 Å². The standard InChI is InChI=1S/C16H21ClN6/c1-22-8-18-14-13(22)15(21-16(17)20-14)19-9-6-11-4-5-12(7-9)23(11)10-2-3-10/h8-12H,2-7H2,1H3,(H,19,20,21). The minimum absolute atomic E-state index is 0.261. The predicted octanol–water partition coefficient (Wildman–Crippen LogP) is 2.59. The number of aromatic nitrogens is 4. The summed E-state index contributed by atoms with van der Waals surface area (Å²) in [6, 6.07) is 2.84. The van der Waals surface area contributed by atoms with Crippen molar-refractivity contribution in [2.24, 2.45) is 7.05 Å². The lowest BCUT2D eigenvalue weighted by molar-refractivity contribution is 0.123. The Labute approximate surface area is 140 Å². The van der Waals surface area contributed by atoms with Gasteiger partial charge in [-0.25, -0.2) is 4.98 Å². The molecule has 2 aromatic rings. The van der Waals surface area contributed by atoms with E-state index in [2.05, 4.69) is 25.2 Å². The van der Waals surface area contributed by atoms with E-state index in [1.807, 2.05) is 11.6 Å². The van der Waals surface area contributed by atoms with Gasteiger partial charge in [-0.1, -0.05) is 0 Å². The van der Waals surface area contributed by atoms with Crippen LogP contribution in [0.5, 0.6) is 0 Å². The molecule has 2 aromatic heterocycles. The Balaban J connectivity index is 1.41. The molecular weight excluding hydrogens is 312 g/mol. The molecule has 6 nitrogen and oxygen atoms in total. The van der Waals surface area contributed by atoms with Gasteiger partial charge in [0.05, 0.1) is 6.33 Å². The Morgan fingerprint density at radius 1 is 1.09 bits per heavy atom. The Hall–Kier alpha value is -1.40. The number of hydrogen-bond acceptors (Lipinski definition) is 5. The molecule has 2 unspecified atom stereocenters. The maximum atomic E-state index is 6.07.